The van der Waals surface area contributed by atoms with E-state index < -0.39 is 5.60 Å². The van der Waals surface area contributed by atoms with E-state index in [9.17, 15) is 4.79 Å². The second-order valence-electron chi connectivity index (χ2n) is 5.74. The zero-order valence-electron chi connectivity index (χ0n) is 11.3. The second kappa shape index (κ2) is 5.00. The van der Waals surface area contributed by atoms with Gasteiger partial charge in [-0.05, 0) is 33.6 Å². The minimum Gasteiger partial charge on any atom is -0.444 e. The molecule has 5 heteroatoms. The van der Waals surface area contributed by atoms with Crippen LogP contribution >= 0.6 is 0 Å². The van der Waals surface area contributed by atoms with Crippen LogP contribution < -0.4 is 0 Å². The fraction of sp³-hybridized carbons (Fsp3) is 0.692. The van der Waals surface area contributed by atoms with Crippen molar-refractivity contribution in [2.45, 2.75) is 45.1 Å². The zero-order valence-corrected chi connectivity index (χ0v) is 11.3. The summed E-state index contributed by atoms with van der Waals surface area (Å²) in [5.74, 6) is 0.454. The molecule has 0 aromatic carbocycles. The molecule has 2 heterocycles. The molecule has 1 aliphatic rings. The Hall–Kier alpha value is -1.52. The van der Waals surface area contributed by atoms with Crippen molar-refractivity contribution in [2.24, 2.45) is 0 Å². The van der Waals surface area contributed by atoms with Crippen molar-refractivity contribution in [2.75, 3.05) is 13.1 Å². The van der Waals surface area contributed by atoms with Gasteiger partial charge in [0, 0.05) is 25.2 Å². The number of aromatic amines is 1. The van der Waals surface area contributed by atoms with Crippen molar-refractivity contribution in [1.29, 1.82) is 0 Å². The molecule has 1 N–H and O–H groups in total. The number of rotatable bonds is 1. The minimum atomic E-state index is -0.421. The number of H-pyrrole nitrogens is 1. The van der Waals surface area contributed by atoms with Gasteiger partial charge in [-0.2, -0.15) is 0 Å². The van der Waals surface area contributed by atoms with Gasteiger partial charge in [0.25, 0.3) is 0 Å². The van der Waals surface area contributed by atoms with Crippen molar-refractivity contribution in [3.63, 3.8) is 0 Å². The number of ether oxygens (including phenoxy) is 1. The molecule has 1 amide bonds. The molecule has 0 spiro atoms. The van der Waals surface area contributed by atoms with Crippen LogP contribution in [0.2, 0.25) is 0 Å². The van der Waals surface area contributed by atoms with Crippen molar-refractivity contribution in [1.82, 2.24) is 14.9 Å². The van der Waals surface area contributed by atoms with E-state index >= 15 is 0 Å². The lowest BCUT2D eigenvalue weighted by Gasteiger charge is -2.32. The van der Waals surface area contributed by atoms with E-state index in [-0.39, 0.29) is 6.09 Å². The summed E-state index contributed by atoms with van der Waals surface area (Å²) in [4.78, 5) is 20.9. The van der Waals surface area contributed by atoms with Gasteiger partial charge in [-0.3, -0.25) is 0 Å². The van der Waals surface area contributed by atoms with E-state index in [4.69, 9.17) is 4.74 Å². The summed E-state index contributed by atoms with van der Waals surface area (Å²) in [5, 5.41) is 0. The van der Waals surface area contributed by atoms with Crippen LogP contribution in [-0.2, 0) is 4.74 Å². The number of carbonyl (C=O) groups excluding carboxylic acids is 1. The third-order valence-corrected chi connectivity index (χ3v) is 3.08. The quantitative estimate of drug-likeness (QED) is 0.834. The van der Waals surface area contributed by atoms with Crippen molar-refractivity contribution >= 4 is 6.09 Å². The number of carbonyl (C=O) groups is 1. The second-order valence-corrected chi connectivity index (χ2v) is 5.74. The SMILES string of the molecule is CC(C)(C)OC(=O)N1CCC(c2c[nH]cn2)CC1. The van der Waals surface area contributed by atoms with Crippen LogP contribution in [0.15, 0.2) is 12.5 Å². The first-order valence-corrected chi connectivity index (χ1v) is 6.42. The van der Waals surface area contributed by atoms with Gasteiger partial charge in [0.15, 0.2) is 0 Å². The summed E-state index contributed by atoms with van der Waals surface area (Å²) in [6.07, 6.45) is 5.33. The molecule has 100 valence electrons. The molecule has 0 radical (unpaired) electrons. The Balaban J connectivity index is 1.85. The Morgan fingerprint density at radius 2 is 2.11 bits per heavy atom. The molecule has 1 aliphatic heterocycles. The molecule has 1 fully saturated rings. The number of piperidine rings is 1. The van der Waals surface area contributed by atoms with E-state index in [1.165, 1.54) is 0 Å². The number of hydrogen-bond donors (Lipinski definition) is 1. The Kier molecular flexibility index (Phi) is 3.59. The zero-order chi connectivity index (χ0) is 13.2. The molecule has 0 bridgehead atoms. The first kappa shape index (κ1) is 12.9. The fourth-order valence-corrected chi connectivity index (χ4v) is 2.18. The molecular weight excluding hydrogens is 230 g/mol. The molecule has 1 saturated heterocycles. The normalized spacial score (nSPS) is 17.8. The summed E-state index contributed by atoms with van der Waals surface area (Å²) in [5.41, 5.74) is 0.676. The van der Waals surface area contributed by atoms with Gasteiger partial charge in [-0.1, -0.05) is 0 Å². The molecule has 2 rings (SSSR count). The molecular formula is C13H21N3O2. The summed E-state index contributed by atoms with van der Waals surface area (Å²) < 4.78 is 5.37. The lowest BCUT2D eigenvalue weighted by molar-refractivity contribution is 0.0204. The lowest BCUT2D eigenvalue weighted by atomic mass is 9.94. The highest BCUT2D eigenvalue weighted by Gasteiger charge is 2.27. The predicted molar refractivity (Wildman–Crippen MR) is 68.4 cm³/mol. The van der Waals surface area contributed by atoms with Crippen LogP contribution in [0.1, 0.15) is 45.2 Å². The van der Waals surface area contributed by atoms with Crippen LogP contribution in [0.5, 0.6) is 0 Å². The number of imidazole rings is 1. The molecule has 0 saturated carbocycles. The molecule has 18 heavy (non-hydrogen) atoms. The maximum absolute atomic E-state index is 11.9. The first-order valence-electron chi connectivity index (χ1n) is 6.42. The van der Waals surface area contributed by atoms with Gasteiger partial charge in [0.05, 0.1) is 12.0 Å². The maximum atomic E-state index is 11.9. The topological polar surface area (TPSA) is 58.2 Å². The van der Waals surface area contributed by atoms with Crippen LogP contribution in [0.25, 0.3) is 0 Å². The highest BCUT2D eigenvalue weighted by Crippen LogP contribution is 2.26. The molecule has 5 nitrogen and oxygen atoms in total. The van der Waals surface area contributed by atoms with E-state index in [1.54, 1.807) is 11.2 Å². The molecule has 0 unspecified atom stereocenters. The van der Waals surface area contributed by atoms with E-state index in [0.717, 1.165) is 31.6 Å². The standard InChI is InChI=1S/C13H21N3O2/c1-13(2,3)18-12(17)16-6-4-10(5-7-16)11-8-14-9-15-11/h8-10H,4-7H2,1-3H3,(H,14,15). The molecule has 1 aromatic rings. The fourth-order valence-electron chi connectivity index (χ4n) is 2.18. The van der Waals surface area contributed by atoms with Crippen molar-refractivity contribution in [3.8, 4) is 0 Å². The Labute approximate surface area is 108 Å². The number of likely N-dealkylation sites (tertiary alicyclic amines) is 1. The third-order valence-electron chi connectivity index (χ3n) is 3.08. The average molecular weight is 251 g/mol. The highest BCUT2D eigenvalue weighted by atomic mass is 16.6. The number of hydrogen-bond acceptors (Lipinski definition) is 3. The van der Waals surface area contributed by atoms with Gasteiger partial charge >= 0.3 is 6.09 Å². The predicted octanol–water partition coefficient (Wildman–Crippen LogP) is 2.52. The number of amides is 1. The monoisotopic (exact) mass is 251 g/mol. The number of aromatic nitrogens is 2. The first-order chi connectivity index (χ1) is 8.46. The summed E-state index contributed by atoms with van der Waals surface area (Å²) in [6, 6.07) is 0. The largest absolute Gasteiger partial charge is 0.444 e. The molecule has 1 aromatic heterocycles. The summed E-state index contributed by atoms with van der Waals surface area (Å²) in [6.45, 7) is 7.16. The van der Waals surface area contributed by atoms with Crippen LogP contribution in [0.4, 0.5) is 4.79 Å². The Morgan fingerprint density at radius 1 is 1.44 bits per heavy atom. The minimum absolute atomic E-state index is 0.206. The van der Waals surface area contributed by atoms with E-state index in [2.05, 4.69) is 9.97 Å². The highest BCUT2D eigenvalue weighted by molar-refractivity contribution is 5.68. The molecule has 0 atom stereocenters. The Bertz CT molecular complexity index is 387. The van der Waals surface area contributed by atoms with Gasteiger partial charge in [0.1, 0.15) is 5.60 Å². The maximum Gasteiger partial charge on any atom is 0.410 e. The molecule has 0 aliphatic carbocycles. The third kappa shape index (κ3) is 3.24. The number of nitrogens with one attached hydrogen (secondary N) is 1. The van der Waals surface area contributed by atoms with Crippen molar-refractivity contribution < 1.29 is 9.53 Å². The average Bonchev–Trinajstić information content (AvgIpc) is 2.80. The van der Waals surface area contributed by atoms with Gasteiger partial charge in [0.2, 0.25) is 0 Å². The van der Waals surface area contributed by atoms with Gasteiger partial charge < -0.3 is 14.6 Å². The Morgan fingerprint density at radius 3 is 2.61 bits per heavy atom. The van der Waals surface area contributed by atoms with Crippen LogP contribution in [-0.4, -0.2) is 39.7 Å². The number of nitrogens with zero attached hydrogens (tertiary/aromatic N) is 2. The lowest BCUT2D eigenvalue weighted by Crippen LogP contribution is -2.41. The van der Waals surface area contributed by atoms with Gasteiger partial charge in [-0.25, -0.2) is 9.78 Å². The van der Waals surface area contributed by atoms with E-state index in [0.29, 0.717) is 5.92 Å². The van der Waals surface area contributed by atoms with Crippen LogP contribution in [0, 0.1) is 0 Å². The van der Waals surface area contributed by atoms with E-state index in [1.807, 2.05) is 27.0 Å². The van der Waals surface area contributed by atoms with Gasteiger partial charge in [-0.15, -0.1) is 0 Å². The summed E-state index contributed by atoms with van der Waals surface area (Å²) in [7, 11) is 0. The van der Waals surface area contributed by atoms with Crippen molar-refractivity contribution in [3.05, 3.63) is 18.2 Å². The smallest absolute Gasteiger partial charge is 0.410 e. The summed E-state index contributed by atoms with van der Waals surface area (Å²) >= 11 is 0. The van der Waals surface area contributed by atoms with Crippen LogP contribution in [0.3, 0.4) is 0 Å².